The Balaban J connectivity index is 1.51. The second-order valence-corrected chi connectivity index (χ2v) is 8.16. The van der Waals surface area contributed by atoms with E-state index in [1.54, 1.807) is 0 Å². The van der Waals surface area contributed by atoms with Crippen LogP contribution in [0, 0.1) is 0 Å². The van der Waals surface area contributed by atoms with E-state index in [4.69, 9.17) is 0 Å². The predicted molar refractivity (Wildman–Crippen MR) is 108 cm³/mol. The predicted octanol–water partition coefficient (Wildman–Crippen LogP) is 3.16. The maximum Gasteiger partial charge on any atom is 0.325 e. The standard InChI is InChI=1S/C22H31N3O3/c1-17(12-13-18-10-6-5-7-11-18)23-19(26)16-25-20(27)22(24-21(25)28)14-8-3-2-4-9-15-22/h5-7,10-11,17H,2-4,8-9,12-16H2,1H3,(H,23,26)(H,24,28). The van der Waals surface area contributed by atoms with Gasteiger partial charge in [0, 0.05) is 6.04 Å². The molecule has 2 fully saturated rings. The molecule has 1 spiro atoms. The van der Waals surface area contributed by atoms with E-state index in [2.05, 4.69) is 22.8 Å². The van der Waals surface area contributed by atoms with Crippen molar-refractivity contribution in [1.29, 1.82) is 0 Å². The number of hydrogen-bond acceptors (Lipinski definition) is 3. The van der Waals surface area contributed by atoms with E-state index in [1.165, 1.54) is 12.0 Å². The highest BCUT2D eigenvalue weighted by Crippen LogP contribution is 2.31. The van der Waals surface area contributed by atoms with E-state index in [0.29, 0.717) is 12.8 Å². The third-order valence-corrected chi connectivity index (χ3v) is 5.87. The van der Waals surface area contributed by atoms with Crippen molar-refractivity contribution in [2.45, 2.75) is 76.3 Å². The summed E-state index contributed by atoms with van der Waals surface area (Å²) in [6, 6.07) is 9.66. The Bertz CT molecular complexity index is 696. The summed E-state index contributed by atoms with van der Waals surface area (Å²) in [6.07, 6.45) is 8.24. The first-order valence-corrected chi connectivity index (χ1v) is 10.5. The number of carbonyl (C=O) groups excluding carboxylic acids is 3. The number of carbonyl (C=O) groups is 3. The van der Waals surface area contributed by atoms with Gasteiger partial charge < -0.3 is 10.6 Å². The first kappa shape index (κ1) is 20.4. The number of urea groups is 1. The zero-order chi connectivity index (χ0) is 20.0. The molecular weight excluding hydrogens is 354 g/mol. The first-order valence-electron chi connectivity index (χ1n) is 10.5. The Kier molecular flexibility index (Phi) is 6.70. The summed E-state index contributed by atoms with van der Waals surface area (Å²) in [5, 5.41) is 5.82. The fraction of sp³-hybridized carbons (Fsp3) is 0.591. The number of amides is 4. The normalized spacial score (nSPS) is 20.4. The van der Waals surface area contributed by atoms with E-state index < -0.39 is 11.6 Å². The van der Waals surface area contributed by atoms with Crippen LogP contribution in [0.2, 0.25) is 0 Å². The summed E-state index contributed by atoms with van der Waals surface area (Å²) < 4.78 is 0. The van der Waals surface area contributed by atoms with Crippen molar-refractivity contribution in [3.63, 3.8) is 0 Å². The highest BCUT2D eigenvalue weighted by atomic mass is 16.2. The van der Waals surface area contributed by atoms with Gasteiger partial charge in [-0.2, -0.15) is 0 Å². The SMILES string of the molecule is CC(CCc1ccccc1)NC(=O)CN1C(=O)NC2(CCCCCCC2)C1=O. The number of nitrogens with one attached hydrogen (secondary N) is 2. The van der Waals surface area contributed by atoms with E-state index >= 15 is 0 Å². The van der Waals surface area contributed by atoms with Crippen LogP contribution in [-0.4, -0.2) is 40.9 Å². The van der Waals surface area contributed by atoms with Gasteiger partial charge in [-0.1, -0.05) is 62.4 Å². The quantitative estimate of drug-likeness (QED) is 0.739. The van der Waals surface area contributed by atoms with Crippen molar-refractivity contribution in [3.8, 4) is 0 Å². The smallest absolute Gasteiger partial charge is 0.325 e. The van der Waals surface area contributed by atoms with E-state index in [-0.39, 0.29) is 24.4 Å². The Morgan fingerprint density at radius 2 is 1.75 bits per heavy atom. The number of aryl methyl sites for hydroxylation is 1. The Morgan fingerprint density at radius 3 is 2.43 bits per heavy atom. The molecule has 1 heterocycles. The van der Waals surface area contributed by atoms with Crippen LogP contribution in [0.4, 0.5) is 4.79 Å². The zero-order valence-corrected chi connectivity index (χ0v) is 16.7. The molecule has 1 atom stereocenters. The molecule has 1 aliphatic carbocycles. The fourth-order valence-corrected chi connectivity index (χ4v) is 4.23. The van der Waals surface area contributed by atoms with Gasteiger partial charge in [-0.05, 0) is 38.2 Å². The summed E-state index contributed by atoms with van der Waals surface area (Å²) in [7, 11) is 0. The molecule has 0 radical (unpaired) electrons. The molecule has 2 aliphatic rings. The Morgan fingerprint density at radius 1 is 1.11 bits per heavy atom. The van der Waals surface area contributed by atoms with E-state index in [9.17, 15) is 14.4 Å². The number of hydrogen-bond donors (Lipinski definition) is 2. The van der Waals surface area contributed by atoms with Crippen molar-refractivity contribution in [2.24, 2.45) is 0 Å². The highest BCUT2D eigenvalue weighted by molar-refractivity contribution is 6.09. The van der Waals surface area contributed by atoms with Crippen molar-refractivity contribution < 1.29 is 14.4 Å². The average Bonchev–Trinajstić information content (AvgIpc) is 2.89. The van der Waals surface area contributed by atoms with Crippen LogP contribution >= 0.6 is 0 Å². The van der Waals surface area contributed by atoms with E-state index in [0.717, 1.165) is 43.4 Å². The number of benzene rings is 1. The van der Waals surface area contributed by atoms with Gasteiger partial charge >= 0.3 is 6.03 Å². The van der Waals surface area contributed by atoms with Crippen LogP contribution in [0.25, 0.3) is 0 Å². The first-order chi connectivity index (χ1) is 13.5. The van der Waals surface area contributed by atoms with E-state index in [1.807, 2.05) is 25.1 Å². The maximum absolute atomic E-state index is 13.0. The summed E-state index contributed by atoms with van der Waals surface area (Å²) in [6.45, 7) is 1.74. The molecule has 3 rings (SSSR count). The minimum atomic E-state index is -0.795. The Hall–Kier alpha value is -2.37. The molecule has 1 aliphatic heterocycles. The van der Waals surface area contributed by atoms with Crippen LogP contribution < -0.4 is 10.6 Å². The van der Waals surface area contributed by atoms with Gasteiger partial charge in [0.2, 0.25) is 5.91 Å². The van der Waals surface area contributed by atoms with Gasteiger partial charge in [0.25, 0.3) is 5.91 Å². The number of nitrogens with zero attached hydrogens (tertiary/aromatic N) is 1. The highest BCUT2D eigenvalue weighted by Gasteiger charge is 2.50. The second-order valence-electron chi connectivity index (χ2n) is 8.16. The molecule has 1 aromatic carbocycles. The van der Waals surface area contributed by atoms with Crippen molar-refractivity contribution in [3.05, 3.63) is 35.9 Å². The van der Waals surface area contributed by atoms with Gasteiger partial charge in [0.15, 0.2) is 0 Å². The third-order valence-electron chi connectivity index (χ3n) is 5.87. The monoisotopic (exact) mass is 385 g/mol. The topological polar surface area (TPSA) is 78.5 Å². The molecule has 0 bridgehead atoms. The Labute approximate surface area is 167 Å². The van der Waals surface area contributed by atoms with Crippen molar-refractivity contribution in [2.75, 3.05) is 6.54 Å². The summed E-state index contributed by atoms with van der Waals surface area (Å²) >= 11 is 0. The molecule has 1 unspecified atom stereocenters. The molecule has 0 aromatic heterocycles. The molecule has 1 saturated carbocycles. The van der Waals surface area contributed by atoms with Gasteiger partial charge in [-0.25, -0.2) is 4.79 Å². The van der Waals surface area contributed by atoms with Crippen molar-refractivity contribution in [1.82, 2.24) is 15.5 Å². The maximum atomic E-state index is 13.0. The lowest BCUT2D eigenvalue weighted by Gasteiger charge is -2.28. The van der Waals surface area contributed by atoms with Gasteiger partial charge in [-0.3, -0.25) is 14.5 Å². The molecule has 2 N–H and O–H groups in total. The molecule has 6 nitrogen and oxygen atoms in total. The fourth-order valence-electron chi connectivity index (χ4n) is 4.23. The lowest BCUT2D eigenvalue weighted by Crippen LogP contribution is -2.48. The second kappa shape index (κ2) is 9.22. The van der Waals surface area contributed by atoms with Gasteiger partial charge in [-0.15, -0.1) is 0 Å². The molecule has 152 valence electrons. The number of rotatable bonds is 6. The summed E-state index contributed by atoms with van der Waals surface area (Å²) in [5.41, 5.74) is 0.431. The molecule has 1 saturated heterocycles. The molecule has 1 aromatic rings. The molecule has 28 heavy (non-hydrogen) atoms. The zero-order valence-electron chi connectivity index (χ0n) is 16.7. The summed E-state index contributed by atoms with van der Waals surface area (Å²) in [4.78, 5) is 38.9. The number of imide groups is 1. The molecule has 4 amide bonds. The van der Waals surface area contributed by atoms with Crippen LogP contribution in [0.3, 0.4) is 0 Å². The minimum Gasteiger partial charge on any atom is -0.352 e. The summed E-state index contributed by atoms with van der Waals surface area (Å²) in [5.74, 6) is -0.515. The minimum absolute atomic E-state index is 0.0242. The lowest BCUT2D eigenvalue weighted by molar-refractivity contribution is -0.135. The van der Waals surface area contributed by atoms with Crippen LogP contribution in [-0.2, 0) is 16.0 Å². The average molecular weight is 386 g/mol. The largest absolute Gasteiger partial charge is 0.352 e. The van der Waals surface area contributed by atoms with Crippen LogP contribution in [0.1, 0.15) is 63.9 Å². The lowest BCUT2D eigenvalue weighted by atomic mass is 9.84. The molecular formula is C22H31N3O3. The van der Waals surface area contributed by atoms with Crippen molar-refractivity contribution >= 4 is 17.8 Å². The molecule has 6 heteroatoms. The third kappa shape index (κ3) is 4.91. The van der Waals surface area contributed by atoms with Crippen LogP contribution in [0.15, 0.2) is 30.3 Å². The van der Waals surface area contributed by atoms with Crippen LogP contribution in [0.5, 0.6) is 0 Å². The van der Waals surface area contributed by atoms with Gasteiger partial charge in [0.1, 0.15) is 12.1 Å². The van der Waals surface area contributed by atoms with Gasteiger partial charge in [0.05, 0.1) is 0 Å².